The van der Waals surface area contributed by atoms with Gasteiger partial charge in [-0.25, -0.2) is 4.98 Å². The standard InChI is InChI=1S/C56H49BN2OS/c1-55(2,3)42-30-40(31-43(35-42)56(4,5)6)41-33-49(59-50(34-41)46-24-13-14-25-51(46)60)39-22-17-23-44(32-39)57(52-26-15-16-28-58-52)53-48(38-20-11-8-12-21-38)36-47(37-18-9-7-10-19-37)45-27-29-61-54(45)53/h7-36,60H,1-6H3. The number of thiophene rings is 1. The fraction of sp³-hybridized carbons (Fsp3) is 0.143. The summed E-state index contributed by atoms with van der Waals surface area (Å²) in [4.78, 5) is 10.4. The van der Waals surface area contributed by atoms with Gasteiger partial charge in [0.1, 0.15) is 5.75 Å². The van der Waals surface area contributed by atoms with Crippen LogP contribution in [0.3, 0.4) is 0 Å². The van der Waals surface area contributed by atoms with Crippen molar-refractivity contribution in [2.24, 2.45) is 0 Å². The van der Waals surface area contributed by atoms with Crippen LogP contribution in [0.25, 0.3) is 66.0 Å². The van der Waals surface area contributed by atoms with Gasteiger partial charge in [-0.15, -0.1) is 11.3 Å². The fourth-order valence-electron chi connectivity index (χ4n) is 8.39. The first-order valence-electron chi connectivity index (χ1n) is 21.1. The number of rotatable bonds is 8. The molecule has 0 radical (unpaired) electrons. The molecule has 1 N–H and O–H groups in total. The van der Waals surface area contributed by atoms with Gasteiger partial charge in [-0.2, -0.15) is 0 Å². The van der Waals surface area contributed by atoms with Gasteiger partial charge in [-0.05, 0) is 126 Å². The number of hydrogen-bond donors (Lipinski definition) is 1. The Morgan fingerprint density at radius 3 is 1.75 bits per heavy atom. The quantitative estimate of drug-likeness (QED) is 0.156. The van der Waals surface area contributed by atoms with Crippen LogP contribution in [0, 0.1) is 0 Å². The number of aromatic nitrogens is 2. The van der Waals surface area contributed by atoms with Crippen molar-refractivity contribution in [2.75, 3.05) is 0 Å². The number of nitrogens with zero attached hydrogens (tertiary/aromatic N) is 2. The number of aromatic hydroxyl groups is 1. The molecule has 0 saturated heterocycles. The molecule has 0 aliphatic carbocycles. The van der Waals surface area contributed by atoms with E-state index in [4.69, 9.17) is 9.97 Å². The summed E-state index contributed by atoms with van der Waals surface area (Å²) < 4.78 is 1.25. The van der Waals surface area contributed by atoms with Gasteiger partial charge in [0, 0.05) is 22.1 Å². The molecule has 0 amide bonds. The summed E-state index contributed by atoms with van der Waals surface area (Å²) in [6.07, 6.45) is 1.90. The lowest BCUT2D eigenvalue weighted by Crippen LogP contribution is -2.54. The number of phenols is 1. The molecule has 3 aromatic heterocycles. The number of phenolic OH excluding ortho intramolecular Hbond substituents is 1. The second-order valence-corrected chi connectivity index (χ2v) is 19.0. The highest BCUT2D eigenvalue weighted by molar-refractivity contribution is 7.20. The first-order valence-corrected chi connectivity index (χ1v) is 21.9. The average molecular weight is 809 g/mol. The molecule has 3 heterocycles. The lowest BCUT2D eigenvalue weighted by molar-refractivity contribution is 0.477. The predicted molar refractivity (Wildman–Crippen MR) is 261 cm³/mol. The van der Waals surface area contributed by atoms with E-state index >= 15 is 0 Å². The SMILES string of the molecule is CC(C)(C)c1cc(-c2cc(-c3cccc(B(c4ccccn4)c4c(-c5ccccc5)cc(-c5ccccc5)c5ccsc45)c3)nc(-c3ccccc3O)c2)cc(C(C)(C)C)c1. The first kappa shape index (κ1) is 39.9. The van der Waals surface area contributed by atoms with Crippen molar-refractivity contribution in [3.63, 3.8) is 0 Å². The summed E-state index contributed by atoms with van der Waals surface area (Å²) in [6, 6.07) is 60.0. The Balaban J connectivity index is 1.29. The number of para-hydroxylation sites is 1. The van der Waals surface area contributed by atoms with Gasteiger partial charge in [-0.1, -0.05) is 168 Å². The molecular formula is C56H49BN2OS. The molecule has 0 unspecified atom stereocenters. The Morgan fingerprint density at radius 1 is 0.492 bits per heavy atom. The van der Waals surface area contributed by atoms with Crippen LogP contribution >= 0.6 is 11.3 Å². The Labute approximate surface area is 364 Å². The zero-order valence-electron chi connectivity index (χ0n) is 35.6. The highest BCUT2D eigenvalue weighted by atomic mass is 32.1. The molecule has 3 nitrogen and oxygen atoms in total. The average Bonchev–Trinajstić information content (AvgIpc) is 3.77. The van der Waals surface area contributed by atoms with Crippen LogP contribution in [0.4, 0.5) is 0 Å². The number of hydrogen-bond acceptors (Lipinski definition) is 4. The van der Waals surface area contributed by atoms with Crippen LogP contribution in [-0.2, 0) is 10.8 Å². The highest BCUT2D eigenvalue weighted by Gasteiger charge is 2.31. The third-order valence-electron chi connectivity index (χ3n) is 11.7. The lowest BCUT2D eigenvalue weighted by Gasteiger charge is -2.26. The zero-order valence-corrected chi connectivity index (χ0v) is 36.5. The summed E-state index contributed by atoms with van der Waals surface area (Å²) >= 11 is 1.79. The van der Waals surface area contributed by atoms with E-state index in [2.05, 4.69) is 186 Å². The Kier molecular flexibility index (Phi) is 10.6. The van der Waals surface area contributed by atoms with E-state index in [1.165, 1.54) is 43.4 Å². The smallest absolute Gasteiger partial charge is 0.267 e. The Morgan fingerprint density at radius 2 is 1.10 bits per heavy atom. The maximum Gasteiger partial charge on any atom is 0.267 e. The minimum Gasteiger partial charge on any atom is -0.507 e. The van der Waals surface area contributed by atoms with Gasteiger partial charge in [0.2, 0.25) is 0 Å². The van der Waals surface area contributed by atoms with Crippen molar-refractivity contribution in [2.45, 2.75) is 52.4 Å². The van der Waals surface area contributed by atoms with E-state index in [1.54, 1.807) is 17.4 Å². The molecule has 0 aliphatic rings. The van der Waals surface area contributed by atoms with E-state index in [1.807, 2.05) is 30.5 Å². The van der Waals surface area contributed by atoms with Crippen molar-refractivity contribution in [1.82, 2.24) is 9.97 Å². The van der Waals surface area contributed by atoms with Gasteiger partial charge in [0.15, 0.2) is 0 Å². The second-order valence-electron chi connectivity index (χ2n) is 18.0. The molecule has 5 heteroatoms. The van der Waals surface area contributed by atoms with E-state index in [0.717, 1.165) is 44.7 Å². The zero-order chi connectivity index (χ0) is 42.3. The number of benzene rings is 6. The van der Waals surface area contributed by atoms with Gasteiger partial charge in [0.05, 0.1) is 11.4 Å². The largest absolute Gasteiger partial charge is 0.507 e. The molecule has 61 heavy (non-hydrogen) atoms. The highest BCUT2D eigenvalue weighted by Crippen LogP contribution is 2.39. The molecule has 6 aromatic carbocycles. The van der Waals surface area contributed by atoms with Crippen molar-refractivity contribution < 1.29 is 5.11 Å². The van der Waals surface area contributed by atoms with E-state index < -0.39 is 0 Å². The van der Waals surface area contributed by atoms with Gasteiger partial charge < -0.3 is 5.11 Å². The summed E-state index contributed by atoms with van der Waals surface area (Å²) in [5.74, 6) is 0.202. The molecule has 298 valence electrons. The van der Waals surface area contributed by atoms with Gasteiger partial charge >= 0.3 is 0 Å². The predicted octanol–water partition coefficient (Wildman–Crippen LogP) is 12.8. The molecule has 9 aromatic rings. The number of fused-ring (bicyclic) bond motifs is 1. The fourth-order valence-corrected chi connectivity index (χ4v) is 9.39. The summed E-state index contributed by atoms with van der Waals surface area (Å²) in [7, 11) is 0. The minimum atomic E-state index is -0.194. The number of pyridine rings is 2. The van der Waals surface area contributed by atoms with Crippen molar-refractivity contribution >= 4 is 44.7 Å². The van der Waals surface area contributed by atoms with Crippen LogP contribution in [0.15, 0.2) is 181 Å². The van der Waals surface area contributed by atoms with Crippen molar-refractivity contribution in [3.05, 3.63) is 193 Å². The maximum atomic E-state index is 11.2. The molecule has 0 bridgehead atoms. The maximum absolute atomic E-state index is 11.2. The van der Waals surface area contributed by atoms with Crippen molar-refractivity contribution in [1.29, 1.82) is 0 Å². The van der Waals surface area contributed by atoms with Crippen LogP contribution < -0.4 is 16.5 Å². The van der Waals surface area contributed by atoms with E-state index in [-0.39, 0.29) is 23.3 Å². The van der Waals surface area contributed by atoms with Crippen LogP contribution in [0.5, 0.6) is 5.75 Å². The van der Waals surface area contributed by atoms with E-state index in [9.17, 15) is 5.11 Å². The van der Waals surface area contributed by atoms with Crippen molar-refractivity contribution in [3.8, 4) is 61.6 Å². The normalized spacial score (nSPS) is 11.8. The minimum absolute atomic E-state index is 0.0485. The molecule has 0 fully saturated rings. The van der Waals surface area contributed by atoms with Crippen LogP contribution in [0.2, 0.25) is 0 Å². The molecule has 0 aliphatic heterocycles. The van der Waals surface area contributed by atoms with Crippen LogP contribution in [-0.4, -0.2) is 21.8 Å². The molecule has 0 atom stereocenters. The third kappa shape index (κ3) is 8.06. The summed E-state index contributed by atoms with van der Waals surface area (Å²) in [5.41, 5.74) is 16.0. The summed E-state index contributed by atoms with van der Waals surface area (Å²) in [5, 5.41) is 14.6. The third-order valence-corrected chi connectivity index (χ3v) is 12.7. The summed E-state index contributed by atoms with van der Waals surface area (Å²) in [6.45, 7) is 13.4. The first-order chi connectivity index (χ1) is 29.4. The Bertz CT molecular complexity index is 2970. The monoisotopic (exact) mass is 808 g/mol. The second kappa shape index (κ2) is 16.1. The lowest BCUT2D eigenvalue weighted by atomic mass is 9.37. The van der Waals surface area contributed by atoms with E-state index in [0.29, 0.717) is 5.56 Å². The molecule has 0 saturated carbocycles. The topological polar surface area (TPSA) is 46.0 Å². The van der Waals surface area contributed by atoms with Gasteiger partial charge in [-0.3, -0.25) is 4.98 Å². The van der Waals surface area contributed by atoms with Crippen LogP contribution in [0.1, 0.15) is 52.7 Å². The Hall–Kier alpha value is -6.56. The molecule has 9 rings (SSSR count). The molecule has 0 spiro atoms. The van der Waals surface area contributed by atoms with Gasteiger partial charge in [0.25, 0.3) is 6.71 Å². The molecular weight excluding hydrogens is 760 g/mol.